The summed E-state index contributed by atoms with van der Waals surface area (Å²) >= 11 is 0. The molecule has 1 aromatic rings. The van der Waals surface area contributed by atoms with Crippen LogP contribution in [0.15, 0.2) is 18.2 Å². The van der Waals surface area contributed by atoms with Gasteiger partial charge in [0.15, 0.2) is 12.2 Å². The third kappa shape index (κ3) is 1.54. The van der Waals surface area contributed by atoms with E-state index in [0.29, 0.717) is 17.7 Å². The highest BCUT2D eigenvalue weighted by Crippen LogP contribution is 2.33. The van der Waals surface area contributed by atoms with Gasteiger partial charge in [-0.05, 0) is 13.0 Å². The third-order valence-corrected chi connectivity index (χ3v) is 2.30. The molecule has 0 fully saturated rings. The number of rotatable bonds is 2. The molecular formula is C11H10FNO2. The fraction of sp³-hybridized carbons (Fsp3) is 0.273. The second-order valence-electron chi connectivity index (χ2n) is 3.16. The van der Waals surface area contributed by atoms with Gasteiger partial charge in [0.25, 0.3) is 0 Å². The molecule has 0 saturated heterocycles. The van der Waals surface area contributed by atoms with Gasteiger partial charge in [-0.15, -0.1) is 0 Å². The van der Waals surface area contributed by atoms with E-state index < -0.39 is 6.23 Å². The van der Waals surface area contributed by atoms with Crippen molar-refractivity contribution in [1.82, 2.24) is 5.32 Å². The molecule has 3 nitrogen and oxygen atoms in total. The Balaban J connectivity index is 2.53. The van der Waals surface area contributed by atoms with Gasteiger partial charge < -0.3 is 10.1 Å². The van der Waals surface area contributed by atoms with E-state index in [-0.39, 0.29) is 11.5 Å². The molecule has 15 heavy (non-hydrogen) atoms. The van der Waals surface area contributed by atoms with Crippen LogP contribution in [0.3, 0.4) is 0 Å². The molecule has 1 unspecified atom stereocenters. The minimum absolute atomic E-state index is 0.253. The van der Waals surface area contributed by atoms with E-state index >= 15 is 0 Å². The van der Waals surface area contributed by atoms with Crippen LogP contribution < -0.4 is 5.32 Å². The van der Waals surface area contributed by atoms with Crippen LogP contribution in [0.4, 0.5) is 4.39 Å². The van der Waals surface area contributed by atoms with Gasteiger partial charge in [0.2, 0.25) is 0 Å². The molecule has 1 aliphatic heterocycles. The van der Waals surface area contributed by atoms with E-state index in [1.165, 1.54) is 6.07 Å². The first kappa shape index (κ1) is 9.90. The Hall–Kier alpha value is -1.64. The Morgan fingerprint density at radius 3 is 3.07 bits per heavy atom. The van der Waals surface area contributed by atoms with E-state index in [4.69, 9.17) is 4.74 Å². The number of hydrogen-bond acceptors (Lipinski definition) is 3. The smallest absolute Gasteiger partial charge is 0.158 e. The molecule has 2 rings (SSSR count). The molecule has 1 heterocycles. The first-order valence-corrected chi connectivity index (χ1v) is 4.70. The van der Waals surface area contributed by atoms with Crippen molar-refractivity contribution in [3.63, 3.8) is 0 Å². The lowest BCUT2D eigenvalue weighted by molar-refractivity contribution is 0.0522. The van der Waals surface area contributed by atoms with E-state index in [1.807, 2.05) is 6.92 Å². The Kier molecular flexibility index (Phi) is 2.54. The highest BCUT2D eigenvalue weighted by molar-refractivity contribution is 5.89. The fourth-order valence-corrected chi connectivity index (χ4v) is 1.68. The summed E-state index contributed by atoms with van der Waals surface area (Å²) in [7, 11) is 0. The van der Waals surface area contributed by atoms with Crippen molar-refractivity contribution in [3.8, 4) is 0 Å². The highest BCUT2D eigenvalue weighted by atomic mass is 19.1. The van der Waals surface area contributed by atoms with Crippen LogP contribution >= 0.6 is 0 Å². The van der Waals surface area contributed by atoms with Gasteiger partial charge in [-0.25, -0.2) is 9.18 Å². The maximum absolute atomic E-state index is 13.5. The predicted octanol–water partition coefficient (Wildman–Crippen LogP) is 1.64. The van der Waals surface area contributed by atoms with Gasteiger partial charge in [0.05, 0.1) is 0 Å². The number of halogens is 1. The Labute approximate surface area is 86.6 Å². The van der Waals surface area contributed by atoms with Gasteiger partial charge in [0, 0.05) is 17.7 Å². The summed E-state index contributed by atoms with van der Waals surface area (Å²) in [6, 6.07) is 4.58. The summed E-state index contributed by atoms with van der Waals surface area (Å²) in [4.78, 5) is 10.6. The summed E-state index contributed by atoms with van der Waals surface area (Å²) in [5.74, 6) is 1.37. The Morgan fingerprint density at radius 2 is 2.40 bits per heavy atom. The molecule has 1 aliphatic rings. The SMILES string of the molecule is CCOC1NC(=C=O)c2cccc(F)c21. The molecule has 0 bridgehead atoms. The molecule has 0 spiro atoms. The molecule has 0 saturated carbocycles. The van der Waals surface area contributed by atoms with Crippen LogP contribution in [0.5, 0.6) is 0 Å². The molecule has 0 radical (unpaired) electrons. The second kappa shape index (κ2) is 3.85. The lowest BCUT2D eigenvalue weighted by atomic mass is 10.1. The van der Waals surface area contributed by atoms with Gasteiger partial charge in [0.1, 0.15) is 11.5 Å². The summed E-state index contributed by atoms with van der Waals surface area (Å²) in [5, 5.41) is 2.78. The summed E-state index contributed by atoms with van der Waals surface area (Å²) in [6.07, 6.45) is -0.581. The quantitative estimate of drug-likeness (QED) is 0.749. The normalized spacial score (nSPS) is 18.3. The number of carbonyl (C=O) groups excluding carboxylic acids is 1. The molecule has 1 aromatic carbocycles. The first-order chi connectivity index (χ1) is 7.27. The van der Waals surface area contributed by atoms with E-state index in [0.717, 1.165) is 0 Å². The van der Waals surface area contributed by atoms with Crippen LogP contribution in [-0.4, -0.2) is 12.5 Å². The zero-order valence-electron chi connectivity index (χ0n) is 8.21. The number of ether oxygens (including phenoxy) is 1. The van der Waals surface area contributed by atoms with Crippen molar-refractivity contribution in [2.24, 2.45) is 0 Å². The van der Waals surface area contributed by atoms with Crippen LogP contribution in [0.2, 0.25) is 0 Å². The van der Waals surface area contributed by atoms with Crippen LogP contribution in [0.1, 0.15) is 24.3 Å². The van der Waals surface area contributed by atoms with Gasteiger partial charge >= 0.3 is 0 Å². The molecule has 4 heteroatoms. The van der Waals surface area contributed by atoms with Crippen molar-refractivity contribution in [3.05, 3.63) is 35.1 Å². The lowest BCUT2D eigenvalue weighted by Gasteiger charge is -2.11. The fourth-order valence-electron chi connectivity index (χ4n) is 1.68. The standard InChI is InChI=1S/C11H10FNO2/c1-2-15-11-10-7(9(6-14)13-11)4-3-5-8(10)12/h3-5,11,13H,2H2,1H3. The molecule has 0 amide bonds. The van der Waals surface area contributed by atoms with Crippen molar-refractivity contribution < 1.29 is 13.9 Å². The molecule has 1 atom stereocenters. The highest BCUT2D eigenvalue weighted by Gasteiger charge is 2.29. The van der Waals surface area contributed by atoms with E-state index in [9.17, 15) is 9.18 Å². The maximum atomic E-state index is 13.5. The van der Waals surface area contributed by atoms with Crippen LogP contribution in [-0.2, 0) is 9.53 Å². The minimum Gasteiger partial charge on any atom is -0.354 e. The summed E-state index contributed by atoms with van der Waals surface area (Å²) < 4.78 is 18.8. The number of hydrogen-bond donors (Lipinski definition) is 1. The van der Waals surface area contributed by atoms with E-state index in [1.54, 1.807) is 18.1 Å². The minimum atomic E-state index is -0.581. The molecule has 1 N–H and O–H groups in total. The zero-order chi connectivity index (χ0) is 10.8. The third-order valence-electron chi connectivity index (χ3n) is 2.30. The average molecular weight is 207 g/mol. The zero-order valence-corrected chi connectivity index (χ0v) is 8.21. The number of benzene rings is 1. The maximum Gasteiger partial charge on any atom is 0.158 e. The predicted molar refractivity (Wildman–Crippen MR) is 53.0 cm³/mol. The molecule has 0 aromatic heterocycles. The van der Waals surface area contributed by atoms with Gasteiger partial charge in [-0.1, -0.05) is 12.1 Å². The second-order valence-corrected chi connectivity index (χ2v) is 3.16. The largest absolute Gasteiger partial charge is 0.354 e. The topological polar surface area (TPSA) is 38.3 Å². The van der Waals surface area contributed by atoms with Crippen molar-refractivity contribution in [1.29, 1.82) is 0 Å². The van der Waals surface area contributed by atoms with Crippen molar-refractivity contribution in [2.45, 2.75) is 13.2 Å². The van der Waals surface area contributed by atoms with Crippen LogP contribution in [0.25, 0.3) is 5.70 Å². The van der Waals surface area contributed by atoms with Crippen LogP contribution in [0, 0.1) is 5.82 Å². The van der Waals surface area contributed by atoms with Gasteiger partial charge in [-0.2, -0.15) is 0 Å². The Bertz CT molecular complexity index is 438. The summed E-state index contributed by atoms with van der Waals surface area (Å²) in [5.41, 5.74) is 1.17. The van der Waals surface area contributed by atoms with Crippen molar-refractivity contribution in [2.75, 3.05) is 6.61 Å². The molecule has 78 valence electrons. The Morgan fingerprint density at radius 1 is 1.60 bits per heavy atom. The average Bonchev–Trinajstić information content (AvgIpc) is 2.59. The molecular weight excluding hydrogens is 197 g/mol. The number of nitrogens with one attached hydrogen (secondary N) is 1. The van der Waals surface area contributed by atoms with E-state index in [2.05, 4.69) is 5.32 Å². The number of fused-ring (bicyclic) bond motifs is 1. The van der Waals surface area contributed by atoms with Gasteiger partial charge in [-0.3, -0.25) is 0 Å². The van der Waals surface area contributed by atoms with Crippen molar-refractivity contribution >= 4 is 11.6 Å². The lowest BCUT2D eigenvalue weighted by Crippen LogP contribution is -2.15. The summed E-state index contributed by atoms with van der Waals surface area (Å²) in [6.45, 7) is 2.25. The molecule has 0 aliphatic carbocycles. The first-order valence-electron chi connectivity index (χ1n) is 4.70. The monoisotopic (exact) mass is 207 g/mol.